The number of likely N-dealkylation sites (N-methyl/N-ethyl adjacent to an activating group) is 1. The van der Waals surface area contributed by atoms with Gasteiger partial charge in [0.05, 0.1) is 18.5 Å². The molecule has 6 rings (SSSR count). The molecule has 3 heterocycles. The molecule has 0 aliphatic carbocycles. The number of aromatic nitrogens is 1. The molecule has 2 saturated heterocycles. The van der Waals surface area contributed by atoms with Crippen LogP contribution in [0.2, 0.25) is 0 Å². The lowest BCUT2D eigenvalue weighted by atomic mass is 10.00. The SMILES string of the molecule is CN1CCN([C@@H]2CC(=O)N[C@@H](Cc3c[nH]c4ccccc34)C(=O)N[C@@H](Cc3ccccc3)C(=O)N[C@H](Cc3ccccc3)CNC2=O)CC1. The topological polar surface area (TPSA) is 139 Å². The highest BCUT2D eigenvalue weighted by Gasteiger charge is 2.34. The number of rotatable bonds is 7. The second kappa shape index (κ2) is 15.9. The van der Waals surface area contributed by atoms with Gasteiger partial charge in [0.25, 0.3) is 0 Å². The fourth-order valence-corrected chi connectivity index (χ4v) is 6.73. The summed E-state index contributed by atoms with van der Waals surface area (Å²) in [7, 11) is 2.04. The second-order valence-electron chi connectivity index (χ2n) is 13.1. The normalized spacial score (nSPS) is 23.6. The molecular formula is C38H45N7O4. The van der Waals surface area contributed by atoms with E-state index in [1.54, 1.807) is 0 Å². The van der Waals surface area contributed by atoms with Crippen LogP contribution in [0, 0.1) is 0 Å². The predicted octanol–water partition coefficient (Wildman–Crippen LogP) is 1.79. The fourth-order valence-electron chi connectivity index (χ4n) is 6.73. The van der Waals surface area contributed by atoms with Gasteiger partial charge in [0.1, 0.15) is 12.1 Å². The smallest absolute Gasteiger partial charge is 0.243 e. The van der Waals surface area contributed by atoms with Crippen LogP contribution in [-0.2, 0) is 38.4 Å². The first-order chi connectivity index (χ1) is 23.8. The van der Waals surface area contributed by atoms with Gasteiger partial charge in [-0.3, -0.25) is 24.1 Å². The Morgan fingerprint density at radius 1 is 0.653 bits per heavy atom. The van der Waals surface area contributed by atoms with Crippen molar-refractivity contribution in [2.24, 2.45) is 0 Å². The average molecular weight is 664 g/mol. The number of H-pyrrole nitrogens is 1. The lowest BCUT2D eigenvalue weighted by molar-refractivity contribution is -0.135. The lowest BCUT2D eigenvalue weighted by Gasteiger charge is -2.37. The summed E-state index contributed by atoms with van der Waals surface area (Å²) in [5.74, 6) is -1.51. The summed E-state index contributed by atoms with van der Waals surface area (Å²) in [6.45, 7) is 2.97. The van der Waals surface area contributed by atoms with Gasteiger partial charge in [-0.2, -0.15) is 0 Å². The van der Waals surface area contributed by atoms with Gasteiger partial charge >= 0.3 is 0 Å². The van der Waals surface area contributed by atoms with Crippen molar-refractivity contribution in [3.63, 3.8) is 0 Å². The molecule has 1 aromatic heterocycles. The van der Waals surface area contributed by atoms with E-state index in [4.69, 9.17) is 0 Å². The number of piperazine rings is 1. The van der Waals surface area contributed by atoms with Gasteiger partial charge in [-0.25, -0.2) is 0 Å². The van der Waals surface area contributed by atoms with Crippen molar-refractivity contribution in [1.82, 2.24) is 36.1 Å². The van der Waals surface area contributed by atoms with Gasteiger partial charge in [-0.15, -0.1) is 0 Å². The highest BCUT2D eigenvalue weighted by Crippen LogP contribution is 2.20. The molecule has 11 nitrogen and oxygen atoms in total. The van der Waals surface area contributed by atoms with Crippen LogP contribution >= 0.6 is 0 Å². The monoisotopic (exact) mass is 663 g/mol. The highest BCUT2D eigenvalue weighted by molar-refractivity contribution is 5.95. The van der Waals surface area contributed by atoms with E-state index < -0.39 is 36.0 Å². The Balaban J connectivity index is 1.33. The highest BCUT2D eigenvalue weighted by atomic mass is 16.2. The Morgan fingerprint density at radius 2 is 1.27 bits per heavy atom. The van der Waals surface area contributed by atoms with Crippen LogP contribution in [0.1, 0.15) is 23.1 Å². The molecule has 11 heteroatoms. The summed E-state index contributed by atoms with van der Waals surface area (Å²) in [5.41, 5.74) is 3.66. The Morgan fingerprint density at radius 3 is 1.98 bits per heavy atom. The molecule has 0 spiro atoms. The number of aromatic amines is 1. The van der Waals surface area contributed by atoms with Crippen molar-refractivity contribution < 1.29 is 19.2 Å². The molecule has 5 N–H and O–H groups in total. The molecule has 4 amide bonds. The van der Waals surface area contributed by atoms with Gasteiger partial charge in [0, 0.05) is 62.7 Å². The number of hydrogen-bond donors (Lipinski definition) is 5. The zero-order valence-corrected chi connectivity index (χ0v) is 27.9. The number of benzene rings is 3. The molecule has 256 valence electrons. The minimum atomic E-state index is -0.989. The molecule has 2 aliphatic rings. The maximum Gasteiger partial charge on any atom is 0.243 e. The Kier molecular flexibility index (Phi) is 11.0. The minimum Gasteiger partial charge on any atom is -0.361 e. The van der Waals surface area contributed by atoms with Gasteiger partial charge in [0.2, 0.25) is 23.6 Å². The number of para-hydroxylation sites is 1. The summed E-state index contributed by atoms with van der Waals surface area (Å²) in [6, 6.07) is 24.0. The van der Waals surface area contributed by atoms with Gasteiger partial charge in [-0.05, 0) is 36.2 Å². The summed E-state index contributed by atoms with van der Waals surface area (Å²) < 4.78 is 0. The molecule has 0 unspecified atom stereocenters. The van der Waals surface area contributed by atoms with E-state index >= 15 is 0 Å². The van der Waals surface area contributed by atoms with E-state index in [9.17, 15) is 19.2 Å². The van der Waals surface area contributed by atoms with Crippen molar-refractivity contribution in [1.29, 1.82) is 0 Å². The minimum absolute atomic E-state index is 0.101. The fraction of sp³-hybridized carbons (Fsp3) is 0.368. The van der Waals surface area contributed by atoms with Crippen molar-refractivity contribution in [3.05, 3.63) is 108 Å². The molecule has 0 radical (unpaired) electrons. The van der Waals surface area contributed by atoms with E-state index in [2.05, 4.69) is 31.2 Å². The number of fused-ring (bicyclic) bond motifs is 1. The predicted molar refractivity (Wildman–Crippen MR) is 189 cm³/mol. The molecule has 49 heavy (non-hydrogen) atoms. The number of carbonyl (C=O) groups is 4. The lowest BCUT2D eigenvalue weighted by Crippen LogP contribution is -2.60. The van der Waals surface area contributed by atoms with Crippen molar-refractivity contribution >= 4 is 34.5 Å². The Bertz CT molecular complexity index is 1740. The third-order valence-corrected chi connectivity index (χ3v) is 9.52. The summed E-state index contributed by atoms with van der Waals surface area (Å²) >= 11 is 0. The van der Waals surface area contributed by atoms with Crippen LogP contribution < -0.4 is 21.3 Å². The van der Waals surface area contributed by atoms with Crippen LogP contribution in [0.4, 0.5) is 0 Å². The first-order valence-electron chi connectivity index (χ1n) is 17.1. The summed E-state index contributed by atoms with van der Waals surface area (Å²) in [6.07, 6.45) is 2.67. The third-order valence-electron chi connectivity index (χ3n) is 9.52. The van der Waals surface area contributed by atoms with Gasteiger partial charge in [0.15, 0.2) is 0 Å². The Labute approximate surface area is 286 Å². The number of carbonyl (C=O) groups excluding carboxylic acids is 4. The molecule has 0 saturated carbocycles. The standard InChI is InChI=1S/C38H45N7O4/c1-44-16-18-45(19-17-44)34-23-35(46)42-33(22-28-24-39-31-15-9-8-14-30(28)31)37(48)43-32(21-27-12-6-3-7-13-27)36(47)41-29(25-40-38(34)49)20-26-10-4-2-5-11-26/h2-15,24,29,32-34,39H,16-23,25H2,1H3,(H,40,49)(H,41,47)(H,42,46)(H,43,48)/t29-,32+,33+,34-/m1/s1. The molecule has 2 fully saturated rings. The molecule has 3 aromatic carbocycles. The van der Waals surface area contributed by atoms with Crippen LogP contribution in [0.25, 0.3) is 10.9 Å². The second-order valence-corrected chi connectivity index (χ2v) is 13.1. The van der Waals surface area contributed by atoms with Gasteiger partial charge in [-0.1, -0.05) is 78.9 Å². The maximum atomic E-state index is 14.2. The van der Waals surface area contributed by atoms with Gasteiger partial charge < -0.3 is 31.2 Å². The van der Waals surface area contributed by atoms with Crippen LogP contribution in [0.15, 0.2) is 91.1 Å². The van der Waals surface area contributed by atoms with E-state index in [0.717, 1.165) is 40.7 Å². The number of nitrogens with one attached hydrogen (secondary N) is 5. The molecular weight excluding hydrogens is 618 g/mol. The van der Waals surface area contributed by atoms with Crippen LogP contribution in [0.5, 0.6) is 0 Å². The molecule has 4 atom stereocenters. The third kappa shape index (κ3) is 8.92. The van der Waals surface area contributed by atoms with Crippen LogP contribution in [0.3, 0.4) is 0 Å². The average Bonchev–Trinajstić information content (AvgIpc) is 3.52. The zero-order valence-electron chi connectivity index (χ0n) is 27.9. The zero-order chi connectivity index (χ0) is 34.2. The number of hydrogen-bond acceptors (Lipinski definition) is 6. The molecule has 2 aliphatic heterocycles. The van der Waals surface area contributed by atoms with E-state index in [0.29, 0.717) is 19.5 Å². The number of amides is 4. The number of nitrogens with zero attached hydrogens (tertiary/aromatic N) is 2. The largest absolute Gasteiger partial charge is 0.361 e. The molecule has 0 bridgehead atoms. The Hall–Kier alpha value is -5.00. The maximum absolute atomic E-state index is 14.2. The van der Waals surface area contributed by atoms with E-state index in [1.807, 2.05) is 103 Å². The first kappa shape index (κ1) is 33.9. The van der Waals surface area contributed by atoms with Crippen molar-refractivity contribution in [2.45, 2.75) is 49.9 Å². The van der Waals surface area contributed by atoms with Crippen molar-refractivity contribution in [2.75, 3.05) is 39.8 Å². The van der Waals surface area contributed by atoms with Crippen molar-refractivity contribution in [3.8, 4) is 0 Å². The summed E-state index contributed by atoms with van der Waals surface area (Å²) in [5, 5.41) is 13.1. The summed E-state index contributed by atoms with van der Waals surface area (Å²) in [4.78, 5) is 63.5. The van der Waals surface area contributed by atoms with E-state index in [-0.39, 0.29) is 37.6 Å². The van der Waals surface area contributed by atoms with Crippen LogP contribution in [-0.4, -0.2) is 102 Å². The quantitative estimate of drug-likeness (QED) is 0.205. The molecule has 4 aromatic rings. The van der Waals surface area contributed by atoms with E-state index in [1.165, 1.54) is 0 Å². The first-order valence-corrected chi connectivity index (χ1v) is 17.1.